The van der Waals surface area contributed by atoms with Crippen molar-refractivity contribution in [3.63, 3.8) is 0 Å². The van der Waals surface area contributed by atoms with Gasteiger partial charge in [-0.15, -0.1) is 11.3 Å². The van der Waals surface area contributed by atoms with E-state index in [1.807, 2.05) is 10.8 Å². The molecule has 1 aromatic carbocycles. The molecule has 1 aromatic heterocycles. The third kappa shape index (κ3) is 3.41. The molecule has 19 heavy (non-hydrogen) atoms. The van der Waals surface area contributed by atoms with Crippen LogP contribution in [0.25, 0.3) is 0 Å². The summed E-state index contributed by atoms with van der Waals surface area (Å²) in [5.41, 5.74) is 2.30. The zero-order valence-electron chi connectivity index (χ0n) is 10.1. The van der Waals surface area contributed by atoms with Gasteiger partial charge in [0.15, 0.2) is 0 Å². The van der Waals surface area contributed by atoms with Gasteiger partial charge in [0.1, 0.15) is 0 Å². The number of esters is 1. The van der Waals surface area contributed by atoms with E-state index < -0.39 is 0 Å². The molecule has 0 radical (unpaired) electrons. The minimum atomic E-state index is -0.285. The molecule has 0 bridgehead atoms. The molecule has 2 rings (SSSR count). The molecule has 0 unspecified atom stereocenters. The summed E-state index contributed by atoms with van der Waals surface area (Å²) in [5, 5.41) is 8.01. The summed E-state index contributed by atoms with van der Waals surface area (Å²) in [7, 11) is 1.37. The van der Waals surface area contributed by atoms with Gasteiger partial charge in [-0.25, -0.2) is 0 Å². The van der Waals surface area contributed by atoms with E-state index in [0.29, 0.717) is 15.7 Å². The minimum Gasteiger partial charge on any atom is -0.469 e. The number of hydrogen-bond acceptors (Lipinski definition) is 4. The van der Waals surface area contributed by atoms with Crippen LogP contribution in [-0.2, 0) is 16.0 Å². The molecule has 6 heteroatoms. The SMILES string of the molecule is COC(=O)Cc1cscc1Nc1c(Cl)cccc1Cl. The Morgan fingerprint density at radius 3 is 2.63 bits per heavy atom. The van der Waals surface area contributed by atoms with E-state index in [0.717, 1.165) is 11.3 Å². The standard InChI is InChI=1S/C13H11Cl2NO2S/c1-18-12(17)5-8-6-19-7-11(8)16-13-9(14)3-2-4-10(13)15/h2-4,6-7,16H,5H2,1H3. The van der Waals surface area contributed by atoms with Gasteiger partial charge in [-0.2, -0.15) is 0 Å². The molecule has 0 aliphatic rings. The second-order valence-corrected chi connectivity index (χ2v) is 5.34. The first-order valence-electron chi connectivity index (χ1n) is 5.44. The Balaban J connectivity index is 2.24. The topological polar surface area (TPSA) is 38.3 Å². The number of hydrogen-bond donors (Lipinski definition) is 1. The van der Waals surface area contributed by atoms with Crippen LogP contribution >= 0.6 is 34.5 Å². The highest BCUT2D eigenvalue weighted by Gasteiger charge is 2.12. The normalized spacial score (nSPS) is 10.3. The first kappa shape index (κ1) is 14.2. The molecule has 0 aliphatic carbocycles. The number of thiophene rings is 1. The first-order chi connectivity index (χ1) is 9.11. The van der Waals surface area contributed by atoms with Crippen LogP contribution in [0.15, 0.2) is 29.0 Å². The summed E-state index contributed by atoms with van der Waals surface area (Å²) in [5.74, 6) is -0.285. The molecule has 0 fully saturated rings. The number of ether oxygens (including phenoxy) is 1. The maximum Gasteiger partial charge on any atom is 0.310 e. The summed E-state index contributed by atoms with van der Waals surface area (Å²) in [6, 6.07) is 5.28. The Kier molecular flexibility index (Phi) is 4.69. The summed E-state index contributed by atoms with van der Waals surface area (Å²) >= 11 is 13.7. The van der Waals surface area contributed by atoms with Crippen LogP contribution in [0.5, 0.6) is 0 Å². The molecule has 0 aliphatic heterocycles. The third-order valence-electron chi connectivity index (χ3n) is 2.53. The van der Waals surface area contributed by atoms with Gasteiger partial charge in [-0.3, -0.25) is 4.79 Å². The van der Waals surface area contributed by atoms with Crippen molar-refractivity contribution in [2.45, 2.75) is 6.42 Å². The van der Waals surface area contributed by atoms with E-state index in [2.05, 4.69) is 10.1 Å². The summed E-state index contributed by atoms with van der Waals surface area (Å²) in [6.07, 6.45) is 0.213. The third-order valence-corrected chi connectivity index (χ3v) is 3.95. The van der Waals surface area contributed by atoms with Gasteiger partial charge in [0, 0.05) is 5.38 Å². The number of carbonyl (C=O) groups excluding carboxylic acids is 1. The van der Waals surface area contributed by atoms with Crippen molar-refractivity contribution >= 4 is 51.9 Å². The molecule has 0 spiro atoms. The van der Waals surface area contributed by atoms with E-state index in [1.54, 1.807) is 18.2 Å². The van der Waals surface area contributed by atoms with Gasteiger partial charge >= 0.3 is 5.97 Å². The van der Waals surface area contributed by atoms with Crippen LogP contribution in [0.2, 0.25) is 10.0 Å². The van der Waals surface area contributed by atoms with Crippen LogP contribution in [0, 0.1) is 0 Å². The fourth-order valence-electron chi connectivity index (χ4n) is 1.55. The summed E-state index contributed by atoms with van der Waals surface area (Å²) < 4.78 is 4.66. The fraction of sp³-hybridized carbons (Fsp3) is 0.154. The zero-order valence-corrected chi connectivity index (χ0v) is 12.4. The molecular weight excluding hydrogens is 305 g/mol. The Morgan fingerprint density at radius 1 is 1.32 bits per heavy atom. The van der Waals surface area contributed by atoms with Crippen molar-refractivity contribution < 1.29 is 9.53 Å². The Morgan fingerprint density at radius 2 is 2.00 bits per heavy atom. The number of para-hydroxylation sites is 1. The summed E-state index contributed by atoms with van der Waals surface area (Å²) in [6.45, 7) is 0. The lowest BCUT2D eigenvalue weighted by Crippen LogP contribution is -2.05. The number of benzene rings is 1. The lowest BCUT2D eigenvalue weighted by Gasteiger charge is -2.10. The van der Waals surface area contributed by atoms with Crippen LogP contribution in [-0.4, -0.2) is 13.1 Å². The number of anilines is 2. The van der Waals surface area contributed by atoms with E-state index in [4.69, 9.17) is 23.2 Å². The van der Waals surface area contributed by atoms with Crippen molar-refractivity contribution in [3.8, 4) is 0 Å². The fourth-order valence-corrected chi connectivity index (χ4v) is 2.83. The van der Waals surface area contributed by atoms with Gasteiger partial charge in [0.2, 0.25) is 0 Å². The lowest BCUT2D eigenvalue weighted by atomic mass is 10.2. The van der Waals surface area contributed by atoms with Crippen LogP contribution in [0.4, 0.5) is 11.4 Å². The average Bonchev–Trinajstić information content (AvgIpc) is 2.81. The Bertz CT molecular complexity index is 578. The highest BCUT2D eigenvalue weighted by atomic mass is 35.5. The molecule has 0 amide bonds. The monoisotopic (exact) mass is 315 g/mol. The van der Waals surface area contributed by atoms with E-state index in [-0.39, 0.29) is 12.4 Å². The van der Waals surface area contributed by atoms with Gasteiger partial charge < -0.3 is 10.1 Å². The van der Waals surface area contributed by atoms with E-state index in [1.165, 1.54) is 18.4 Å². The molecule has 3 nitrogen and oxygen atoms in total. The molecule has 2 aromatic rings. The van der Waals surface area contributed by atoms with Crippen molar-refractivity contribution in [3.05, 3.63) is 44.6 Å². The van der Waals surface area contributed by atoms with Gasteiger partial charge in [0.25, 0.3) is 0 Å². The second kappa shape index (κ2) is 6.28. The van der Waals surface area contributed by atoms with Gasteiger partial charge in [-0.05, 0) is 23.1 Å². The smallest absolute Gasteiger partial charge is 0.310 e. The van der Waals surface area contributed by atoms with Crippen LogP contribution in [0.1, 0.15) is 5.56 Å². The van der Waals surface area contributed by atoms with Crippen molar-refractivity contribution in [1.29, 1.82) is 0 Å². The highest BCUT2D eigenvalue weighted by molar-refractivity contribution is 7.08. The van der Waals surface area contributed by atoms with E-state index >= 15 is 0 Å². The van der Waals surface area contributed by atoms with Gasteiger partial charge in [-0.1, -0.05) is 29.3 Å². The number of carbonyl (C=O) groups is 1. The lowest BCUT2D eigenvalue weighted by molar-refractivity contribution is -0.139. The van der Waals surface area contributed by atoms with Crippen LogP contribution in [0.3, 0.4) is 0 Å². The highest BCUT2D eigenvalue weighted by Crippen LogP contribution is 2.34. The van der Waals surface area contributed by atoms with Crippen molar-refractivity contribution in [2.75, 3.05) is 12.4 Å². The Hall–Kier alpha value is -1.23. The minimum absolute atomic E-state index is 0.213. The zero-order chi connectivity index (χ0) is 13.8. The quantitative estimate of drug-likeness (QED) is 0.843. The second-order valence-electron chi connectivity index (χ2n) is 3.79. The van der Waals surface area contributed by atoms with E-state index in [9.17, 15) is 4.79 Å². The average molecular weight is 316 g/mol. The maximum absolute atomic E-state index is 11.3. The molecule has 0 atom stereocenters. The van der Waals surface area contributed by atoms with Crippen LogP contribution < -0.4 is 5.32 Å². The predicted octanol–water partition coefficient (Wildman–Crippen LogP) is 4.51. The molecule has 1 N–H and O–H groups in total. The molecule has 0 saturated heterocycles. The Labute approximate surface area is 125 Å². The molecule has 0 saturated carbocycles. The maximum atomic E-state index is 11.3. The number of halogens is 2. The van der Waals surface area contributed by atoms with Crippen molar-refractivity contribution in [1.82, 2.24) is 0 Å². The number of methoxy groups -OCH3 is 1. The van der Waals surface area contributed by atoms with Crippen molar-refractivity contribution in [2.24, 2.45) is 0 Å². The number of nitrogens with one attached hydrogen (secondary N) is 1. The number of rotatable bonds is 4. The molecule has 1 heterocycles. The molecular formula is C13H11Cl2NO2S. The largest absolute Gasteiger partial charge is 0.469 e. The summed E-state index contributed by atoms with van der Waals surface area (Å²) in [4.78, 5) is 11.3. The molecule has 100 valence electrons. The van der Waals surface area contributed by atoms with Gasteiger partial charge in [0.05, 0.1) is 35.0 Å². The predicted molar refractivity (Wildman–Crippen MR) is 79.8 cm³/mol. The first-order valence-corrected chi connectivity index (χ1v) is 7.14.